The Kier molecular flexibility index (Phi) is 8.50. The highest BCUT2D eigenvalue weighted by Gasteiger charge is 2.86. The molecule has 0 radical (unpaired) electrons. The SMILES string of the molecule is CCC(=O)O[C@H]1[C@H]2[C@H](OC(C)=O)[C@]34CO[C@@](C)([C@H]3[C@H]3[C@H](C[C@@]3(C)OC(C)=O)[C@H](OC(=O)c3ccccc3)C4=O)[C@@H](OC(C)=O)[C@]2(O)C[C@H]1C. The van der Waals surface area contributed by atoms with E-state index in [1.807, 2.05) is 0 Å². The summed E-state index contributed by atoms with van der Waals surface area (Å²) in [5.41, 5.74) is -6.49. The highest BCUT2D eigenvalue weighted by molar-refractivity contribution is 5.97. The molecule has 49 heavy (non-hydrogen) atoms. The molecule has 5 fully saturated rings. The Balaban J connectivity index is 1.61. The number of Topliss-reactive ketones (excluding diaryl/α,β-unsaturated/α-hetero) is 1. The van der Waals surface area contributed by atoms with Crippen LogP contribution in [-0.4, -0.2) is 88.6 Å². The van der Waals surface area contributed by atoms with Crippen LogP contribution in [0.5, 0.6) is 0 Å². The maximum atomic E-state index is 15.4. The molecule has 1 N–H and O–H groups in total. The van der Waals surface area contributed by atoms with Crippen LogP contribution in [0.1, 0.15) is 78.1 Å². The number of rotatable bonds is 7. The Bertz CT molecular complexity index is 1580. The van der Waals surface area contributed by atoms with E-state index in [1.165, 1.54) is 13.8 Å². The molecule has 13 heteroatoms. The lowest BCUT2D eigenvalue weighted by Gasteiger charge is -2.64. The van der Waals surface area contributed by atoms with Crippen molar-refractivity contribution < 1.29 is 62.3 Å². The van der Waals surface area contributed by atoms with Crippen LogP contribution in [0.25, 0.3) is 0 Å². The Morgan fingerprint density at radius 1 is 0.898 bits per heavy atom. The summed E-state index contributed by atoms with van der Waals surface area (Å²) in [4.78, 5) is 80.1. The number of aliphatic hydroxyl groups is 1. The number of ketones is 1. The smallest absolute Gasteiger partial charge is 0.338 e. The van der Waals surface area contributed by atoms with Gasteiger partial charge < -0.3 is 33.5 Å². The lowest BCUT2D eigenvalue weighted by Crippen LogP contribution is -2.75. The maximum Gasteiger partial charge on any atom is 0.338 e. The predicted molar refractivity (Wildman–Crippen MR) is 166 cm³/mol. The first-order chi connectivity index (χ1) is 22.9. The molecule has 4 saturated carbocycles. The van der Waals surface area contributed by atoms with Crippen LogP contribution < -0.4 is 0 Å². The summed E-state index contributed by atoms with van der Waals surface area (Å²) >= 11 is 0. The van der Waals surface area contributed by atoms with Gasteiger partial charge in [0.25, 0.3) is 0 Å². The van der Waals surface area contributed by atoms with Crippen molar-refractivity contribution in [3.05, 3.63) is 35.9 Å². The largest absolute Gasteiger partial charge is 0.462 e. The van der Waals surface area contributed by atoms with E-state index in [0.29, 0.717) is 0 Å². The first kappa shape index (κ1) is 35.0. The molecule has 5 aliphatic rings. The van der Waals surface area contributed by atoms with Crippen molar-refractivity contribution in [1.29, 1.82) is 0 Å². The van der Waals surface area contributed by atoms with Crippen molar-refractivity contribution in [2.45, 2.75) is 109 Å². The molecule has 1 aromatic carbocycles. The van der Waals surface area contributed by atoms with Crippen molar-refractivity contribution in [3.63, 3.8) is 0 Å². The van der Waals surface area contributed by atoms with Gasteiger partial charge in [-0.2, -0.15) is 0 Å². The minimum absolute atomic E-state index is 0.00943. The van der Waals surface area contributed by atoms with Crippen LogP contribution in [0.2, 0.25) is 0 Å². The van der Waals surface area contributed by atoms with Gasteiger partial charge in [0.05, 0.1) is 23.5 Å². The topological polar surface area (TPSA) is 178 Å². The molecule has 266 valence electrons. The molecule has 2 bridgehead atoms. The van der Waals surface area contributed by atoms with Gasteiger partial charge in [-0.3, -0.25) is 24.0 Å². The first-order valence-corrected chi connectivity index (χ1v) is 16.8. The molecule has 13 nitrogen and oxygen atoms in total. The van der Waals surface area contributed by atoms with Gasteiger partial charge in [-0.25, -0.2) is 4.79 Å². The minimum atomic E-state index is -2.03. The number of carbonyl (C=O) groups is 6. The molecular weight excluding hydrogens is 640 g/mol. The fourth-order valence-corrected chi connectivity index (χ4v) is 10.3. The summed E-state index contributed by atoms with van der Waals surface area (Å²) in [5.74, 6) is -8.30. The van der Waals surface area contributed by atoms with Crippen molar-refractivity contribution in [2.24, 2.45) is 35.0 Å². The summed E-state index contributed by atoms with van der Waals surface area (Å²) in [6.07, 6.45) is -5.32. The Morgan fingerprint density at radius 2 is 1.55 bits per heavy atom. The molecule has 0 unspecified atom stereocenters. The van der Waals surface area contributed by atoms with E-state index in [-0.39, 0.29) is 31.4 Å². The van der Waals surface area contributed by atoms with Gasteiger partial charge in [0, 0.05) is 44.9 Å². The third-order valence-corrected chi connectivity index (χ3v) is 11.8. The van der Waals surface area contributed by atoms with E-state index in [9.17, 15) is 29.1 Å². The van der Waals surface area contributed by atoms with E-state index >= 15 is 4.79 Å². The minimum Gasteiger partial charge on any atom is -0.462 e. The predicted octanol–water partition coefficient (Wildman–Crippen LogP) is 2.73. The summed E-state index contributed by atoms with van der Waals surface area (Å²) in [5, 5.41) is 12.9. The molecule has 13 atom stereocenters. The molecule has 4 aliphatic carbocycles. The summed E-state index contributed by atoms with van der Waals surface area (Å²) in [6.45, 7) is 9.95. The maximum absolute atomic E-state index is 15.4. The fraction of sp³-hybridized carbons (Fsp3) is 0.667. The van der Waals surface area contributed by atoms with E-state index in [0.717, 1.165) is 6.92 Å². The van der Waals surface area contributed by atoms with Gasteiger partial charge in [-0.15, -0.1) is 0 Å². The van der Waals surface area contributed by atoms with Crippen molar-refractivity contribution >= 4 is 35.6 Å². The Hall–Kier alpha value is -3.84. The van der Waals surface area contributed by atoms with Gasteiger partial charge in [0.2, 0.25) is 0 Å². The molecular formula is C36H44O13. The Morgan fingerprint density at radius 3 is 2.14 bits per heavy atom. The second-order valence-corrected chi connectivity index (χ2v) is 14.9. The standard InChI is InChI=1S/C36H44O13/c1-8-23(40)47-26-17(2)14-36(43)25(26)30(45-18(3)37)35-16-44-34(7,32(36)46-19(4)38)28(35)24-22(15-33(24,6)49-20(5)39)27(29(35)41)48-31(42)21-12-10-9-11-13-21/h9-13,17,22,24-28,30,32,43H,8,14-16H2,1-7H3/t17-,22+,24-,25+,26-,27+,28-,30+,32-,33-,34+,35-,36+/m1/s1. The number of carbonyl (C=O) groups excluding carboxylic acids is 6. The van der Waals surface area contributed by atoms with Crippen LogP contribution in [0, 0.1) is 35.0 Å². The molecule has 1 saturated heterocycles. The average molecular weight is 685 g/mol. The molecule has 1 heterocycles. The summed E-state index contributed by atoms with van der Waals surface area (Å²) < 4.78 is 36.6. The summed E-state index contributed by atoms with van der Waals surface area (Å²) in [7, 11) is 0. The number of hydrogen-bond donors (Lipinski definition) is 1. The van der Waals surface area contributed by atoms with Crippen molar-refractivity contribution in [1.82, 2.24) is 0 Å². The Labute approximate surface area is 284 Å². The average Bonchev–Trinajstić information content (AvgIpc) is 3.44. The molecule has 1 aliphatic heterocycles. The van der Waals surface area contributed by atoms with Crippen LogP contribution in [0.4, 0.5) is 0 Å². The normalized spacial score (nSPS) is 43.0. The van der Waals surface area contributed by atoms with Crippen molar-refractivity contribution in [3.8, 4) is 0 Å². The highest BCUT2D eigenvalue weighted by Crippen LogP contribution is 2.72. The second kappa shape index (κ2) is 11.9. The lowest BCUT2D eigenvalue weighted by molar-refractivity contribution is -0.257. The molecule has 0 amide bonds. The van der Waals surface area contributed by atoms with Crippen LogP contribution in [0.15, 0.2) is 30.3 Å². The van der Waals surface area contributed by atoms with Crippen LogP contribution in [0.3, 0.4) is 0 Å². The fourth-order valence-electron chi connectivity index (χ4n) is 10.3. The quantitative estimate of drug-likeness (QED) is 0.328. The number of esters is 5. The highest BCUT2D eigenvalue weighted by atomic mass is 16.6. The van der Waals surface area contributed by atoms with E-state index in [4.69, 9.17) is 28.4 Å². The number of fused-ring (bicyclic) bond motifs is 2. The van der Waals surface area contributed by atoms with Gasteiger partial charge in [0.1, 0.15) is 29.0 Å². The van der Waals surface area contributed by atoms with Gasteiger partial charge in [-0.05, 0) is 44.7 Å². The number of benzene rings is 1. The third kappa shape index (κ3) is 5.09. The zero-order chi connectivity index (χ0) is 35.8. The van der Waals surface area contributed by atoms with Gasteiger partial charge >= 0.3 is 29.8 Å². The number of hydrogen-bond acceptors (Lipinski definition) is 13. The molecule has 0 aromatic heterocycles. The zero-order valence-electron chi connectivity index (χ0n) is 28.8. The van der Waals surface area contributed by atoms with E-state index in [1.54, 1.807) is 58.0 Å². The van der Waals surface area contributed by atoms with Crippen LogP contribution in [-0.2, 0) is 52.4 Å². The van der Waals surface area contributed by atoms with Crippen molar-refractivity contribution in [2.75, 3.05) is 6.61 Å². The third-order valence-electron chi connectivity index (χ3n) is 11.8. The molecule has 1 aromatic rings. The zero-order valence-corrected chi connectivity index (χ0v) is 28.8. The van der Waals surface area contributed by atoms with Gasteiger partial charge in [-0.1, -0.05) is 32.0 Å². The molecule has 0 spiro atoms. The van der Waals surface area contributed by atoms with Gasteiger partial charge in [0.15, 0.2) is 18.0 Å². The van der Waals surface area contributed by atoms with E-state index < -0.39 is 112 Å². The molecule has 6 rings (SSSR count). The first-order valence-electron chi connectivity index (χ1n) is 16.8. The summed E-state index contributed by atoms with van der Waals surface area (Å²) in [6, 6.07) is 8.15. The van der Waals surface area contributed by atoms with E-state index in [2.05, 4.69) is 0 Å². The van der Waals surface area contributed by atoms with Crippen LogP contribution >= 0.6 is 0 Å². The second-order valence-electron chi connectivity index (χ2n) is 14.9. The monoisotopic (exact) mass is 684 g/mol. The lowest BCUT2D eigenvalue weighted by atomic mass is 9.42. The number of ether oxygens (including phenoxy) is 6.